The van der Waals surface area contributed by atoms with Crippen molar-refractivity contribution in [3.05, 3.63) is 60.2 Å². The van der Waals surface area contributed by atoms with Gasteiger partial charge in [-0.15, -0.1) is 0 Å². The highest BCUT2D eigenvalue weighted by Crippen LogP contribution is 2.14. The number of nitrogens with one attached hydrogen (secondary N) is 2. The third-order valence-electron chi connectivity index (χ3n) is 2.98. The number of hydrogen-bond donors (Lipinski definition) is 2. The molecule has 0 unspecified atom stereocenters. The summed E-state index contributed by atoms with van der Waals surface area (Å²) in [6, 6.07) is 13.6. The second-order valence-electron chi connectivity index (χ2n) is 4.41. The summed E-state index contributed by atoms with van der Waals surface area (Å²) < 4.78 is 5.16. The molecule has 1 amide bonds. The van der Waals surface area contributed by atoms with Gasteiger partial charge in [0.05, 0.1) is 19.2 Å². The predicted octanol–water partition coefficient (Wildman–Crippen LogP) is 2.62. The highest BCUT2D eigenvalue weighted by molar-refractivity contribution is 5.83. The number of aromatic nitrogens is 1. The smallest absolute Gasteiger partial charge is 0.226 e. The third kappa shape index (κ3) is 2.68. The zero-order chi connectivity index (χ0) is 13.1. The Morgan fingerprint density at radius 2 is 2.11 bits per heavy atom. The number of aromatic amines is 1. The van der Waals surface area contributed by atoms with Crippen LogP contribution in [-0.2, 0) is 17.8 Å². The van der Waals surface area contributed by atoms with Crippen LogP contribution in [0.15, 0.2) is 53.1 Å². The van der Waals surface area contributed by atoms with Gasteiger partial charge in [-0.1, -0.05) is 18.2 Å². The van der Waals surface area contributed by atoms with Crippen molar-refractivity contribution in [1.29, 1.82) is 0 Å². The van der Waals surface area contributed by atoms with Crippen LogP contribution in [0.3, 0.4) is 0 Å². The van der Waals surface area contributed by atoms with Crippen LogP contribution in [0.4, 0.5) is 0 Å². The molecule has 3 aromatic rings. The molecule has 0 aliphatic rings. The van der Waals surface area contributed by atoms with Crippen molar-refractivity contribution in [2.75, 3.05) is 0 Å². The summed E-state index contributed by atoms with van der Waals surface area (Å²) in [7, 11) is 0. The first-order valence-electron chi connectivity index (χ1n) is 6.17. The highest BCUT2D eigenvalue weighted by Gasteiger charge is 2.06. The van der Waals surface area contributed by atoms with Gasteiger partial charge in [0.1, 0.15) is 5.76 Å². The molecule has 0 radical (unpaired) electrons. The Morgan fingerprint density at radius 3 is 2.89 bits per heavy atom. The largest absolute Gasteiger partial charge is 0.467 e. The molecular formula is C15H14N2O2. The Balaban J connectivity index is 1.62. The van der Waals surface area contributed by atoms with Crippen LogP contribution in [0.2, 0.25) is 0 Å². The van der Waals surface area contributed by atoms with Gasteiger partial charge < -0.3 is 14.7 Å². The lowest BCUT2D eigenvalue weighted by Crippen LogP contribution is -2.24. The van der Waals surface area contributed by atoms with E-state index in [1.54, 1.807) is 12.3 Å². The second-order valence-corrected chi connectivity index (χ2v) is 4.41. The molecule has 0 fully saturated rings. The van der Waals surface area contributed by atoms with E-state index >= 15 is 0 Å². The summed E-state index contributed by atoms with van der Waals surface area (Å²) in [5.41, 5.74) is 1.97. The number of rotatable bonds is 4. The number of carbonyl (C=O) groups excluding carboxylic acids is 1. The summed E-state index contributed by atoms with van der Waals surface area (Å²) in [6.45, 7) is 0.423. The zero-order valence-corrected chi connectivity index (χ0v) is 10.3. The minimum Gasteiger partial charge on any atom is -0.467 e. The Bertz CT molecular complexity index is 650. The van der Waals surface area contributed by atoms with Gasteiger partial charge in [-0.2, -0.15) is 0 Å². The van der Waals surface area contributed by atoms with Gasteiger partial charge in [-0.05, 0) is 29.7 Å². The lowest BCUT2D eigenvalue weighted by atomic mass is 10.2. The average Bonchev–Trinajstić information content (AvgIpc) is 3.04. The normalized spacial score (nSPS) is 10.7. The molecule has 2 aromatic heterocycles. The van der Waals surface area contributed by atoms with Crippen LogP contribution >= 0.6 is 0 Å². The van der Waals surface area contributed by atoms with Crippen molar-refractivity contribution in [3.63, 3.8) is 0 Å². The van der Waals surface area contributed by atoms with E-state index < -0.39 is 0 Å². The molecule has 2 N–H and O–H groups in total. The van der Waals surface area contributed by atoms with Crippen LogP contribution in [-0.4, -0.2) is 10.9 Å². The Morgan fingerprint density at radius 1 is 1.21 bits per heavy atom. The molecule has 0 saturated heterocycles. The van der Waals surface area contributed by atoms with Gasteiger partial charge in [-0.3, -0.25) is 4.79 Å². The fourth-order valence-corrected chi connectivity index (χ4v) is 2.06. The van der Waals surface area contributed by atoms with E-state index in [1.165, 1.54) is 0 Å². The molecule has 1 aromatic carbocycles. The quantitative estimate of drug-likeness (QED) is 0.752. The summed E-state index contributed by atoms with van der Waals surface area (Å²) in [4.78, 5) is 15.0. The van der Waals surface area contributed by atoms with Crippen LogP contribution in [0.25, 0.3) is 10.9 Å². The molecule has 0 aliphatic heterocycles. The lowest BCUT2D eigenvalue weighted by Gasteiger charge is -2.01. The number of para-hydroxylation sites is 1. The molecule has 0 spiro atoms. The molecule has 0 atom stereocenters. The van der Waals surface area contributed by atoms with Gasteiger partial charge in [-0.25, -0.2) is 0 Å². The fraction of sp³-hybridized carbons (Fsp3) is 0.133. The summed E-state index contributed by atoms with van der Waals surface area (Å²) in [5.74, 6) is 0.730. The molecule has 2 heterocycles. The molecular weight excluding hydrogens is 240 g/mol. The number of H-pyrrole nitrogens is 1. The maximum atomic E-state index is 11.8. The SMILES string of the molecule is O=C(Cc1cc2ccccc2[nH]1)NCc1ccco1. The zero-order valence-electron chi connectivity index (χ0n) is 10.3. The van der Waals surface area contributed by atoms with Crippen molar-refractivity contribution >= 4 is 16.8 Å². The van der Waals surface area contributed by atoms with Crippen LogP contribution < -0.4 is 5.32 Å². The lowest BCUT2D eigenvalue weighted by molar-refractivity contribution is -0.120. The van der Waals surface area contributed by atoms with E-state index in [0.29, 0.717) is 13.0 Å². The van der Waals surface area contributed by atoms with E-state index in [-0.39, 0.29) is 5.91 Å². The monoisotopic (exact) mass is 254 g/mol. The van der Waals surface area contributed by atoms with Crippen molar-refractivity contribution < 1.29 is 9.21 Å². The number of fused-ring (bicyclic) bond motifs is 1. The molecule has 4 nitrogen and oxygen atoms in total. The van der Waals surface area contributed by atoms with E-state index in [2.05, 4.69) is 10.3 Å². The first-order chi connectivity index (χ1) is 9.31. The van der Waals surface area contributed by atoms with Crippen molar-refractivity contribution in [2.24, 2.45) is 0 Å². The fourth-order valence-electron chi connectivity index (χ4n) is 2.06. The van der Waals surface area contributed by atoms with E-state index in [1.807, 2.05) is 36.4 Å². The van der Waals surface area contributed by atoms with Crippen molar-refractivity contribution in [3.8, 4) is 0 Å². The van der Waals surface area contributed by atoms with E-state index in [4.69, 9.17) is 4.42 Å². The predicted molar refractivity (Wildman–Crippen MR) is 72.6 cm³/mol. The molecule has 3 rings (SSSR count). The van der Waals surface area contributed by atoms with Gasteiger partial charge in [0.2, 0.25) is 5.91 Å². The van der Waals surface area contributed by atoms with Crippen LogP contribution in [0, 0.1) is 0 Å². The summed E-state index contributed by atoms with van der Waals surface area (Å²) in [6.07, 6.45) is 1.94. The van der Waals surface area contributed by atoms with Crippen LogP contribution in [0.1, 0.15) is 11.5 Å². The second kappa shape index (κ2) is 5.02. The van der Waals surface area contributed by atoms with Crippen molar-refractivity contribution in [1.82, 2.24) is 10.3 Å². The van der Waals surface area contributed by atoms with E-state index in [0.717, 1.165) is 22.4 Å². The number of benzene rings is 1. The van der Waals surface area contributed by atoms with Crippen molar-refractivity contribution in [2.45, 2.75) is 13.0 Å². The molecule has 19 heavy (non-hydrogen) atoms. The molecule has 0 saturated carbocycles. The van der Waals surface area contributed by atoms with Crippen LogP contribution in [0.5, 0.6) is 0 Å². The maximum absolute atomic E-state index is 11.8. The first-order valence-corrected chi connectivity index (χ1v) is 6.17. The summed E-state index contributed by atoms with van der Waals surface area (Å²) in [5, 5.41) is 3.95. The van der Waals surface area contributed by atoms with Gasteiger partial charge >= 0.3 is 0 Å². The summed E-state index contributed by atoms with van der Waals surface area (Å²) >= 11 is 0. The van der Waals surface area contributed by atoms with Gasteiger partial charge in [0.15, 0.2) is 0 Å². The number of amides is 1. The average molecular weight is 254 g/mol. The molecule has 0 bridgehead atoms. The molecule has 0 aliphatic carbocycles. The van der Waals surface area contributed by atoms with Gasteiger partial charge in [0.25, 0.3) is 0 Å². The van der Waals surface area contributed by atoms with Gasteiger partial charge in [0, 0.05) is 11.2 Å². The minimum absolute atomic E-state index is 0.0250. The topological polar surface area (TPSA) is 58.0 Å². The van der Waals surface area contributed by atoms with E-state index in [9.17, 15) is 4.79 Å². The number of hydrogen-bond acceptors (Lipinski definition) is 2. The molecule has 4 heteroatoms. The minimum atomic E-state index is -0.0250. The third-order valence-corrected chi connectivity index (χ3v) is 2.98. The maximum Gasteiger partial charge on any atom is 0.226 e. The molecule has 96 valence electrons. The number of furan rings is 1. The number of carbonyl (C=O) groups is 1. The Kier molecular flexibility index (Phi) is 3.06. The Labute approximate surface area is 110 Å². The highest BCUT2D eigenvalue weighted by atomic mass is 16.3. The standard InChI is InChI=1S/C15H14N2O2/c18-15(16-10-13-5-3-7-19-13)9-12-8-11-4-1-2-6-14(11)17-12/h1-8,17H,9-10H2,(H,16,18). The first kappa shape index (κ1) is 11.6. The Hall–Kier alpha value is -2.49.